The zero-order chi connectivity index (χ0) is 17.1. The van der Waals surface area contributed by atoms with Crippen LogP contribution in [0.4, 0.5) is 5.69 Å². The van der Waals surface area contributed by atoms with Gasteiger partial charge in [-0.1, -0.05) is 22.0 Å². The minimum absolute atomic E-state index is 0.0543. The summed E-state index contributed by atoms with van der Waals surface area (Å²) in [4.78, 5) is 2.07. The number of halogens is 1. The van der Waals surface area contributed by atoms with Crippen LogP contribution in [-0.2, 0) is 16.1 Å². The Morgan fingerprint density at radius 2 is 2.25 bits per heavy atom. The van der Waals surface area contributed by atoms with Crippen molar-refractivity contribution in [1.29, 1.82) is 0 Å². The van der Waals surface area contributed by atoms with Gasteiger partial charge in [-0.25, -0.2) is 0 Å². The van der Waals surface area contributed by atoms with E-state index in [2.05, 4.69) is 32.7 Å². The summed E-state index contributed by atoms with van der Waals surface area (Å²) in [6.45, 7) is 4.37. The van der Waals surface area contributed by atoms with Crippen LogP contribution in [0.5, 0.6) is 0 Å². The summed E-state index contributed by atoms with van der Waals surface area (Å²) < 4.78 is 21.2. The highest BCUT2D eigenvalue weighted by molar-refractivity contribution is 9.10. The molecule has 1 aliphatic heterocycles. The predicted octanol–water partition coefficient (Wildman–Crippen LogP) is 4.09. The number of hydrogen-bond acceptors (Lipinski definition) is 5. The lowest BCUT2D eigenvalue weighted by Crippen LogP contribution is -2.26. The molecule has 0 fully saturated rings. The Kier molecular flexibility index (Phi) is 6.23. The van der Waals surface area contributed by atoms with E-state index < -0.39 is 11.4 Å². The summed E-state index contributed by atoms with van der Waals surface area (Å²) in [5, 5.41) is 5.70. The number of fused-ring (bicyclic) bond motifs is 2. The molecule has 4 nitrogen and oxygen atoms in total. The Morgan fingerprint density at radius 1 is 1.42 bits per heavy atom. The van der Waals surface area contributed by atoms with Crippen molar-refractivity contribution in [3.63, 3.8) is 0 Å². The van der Waals surface area contributed by atoms with Gasteiger partial charge in [0, 0.05) is 29.3 Å². The predicted molar refractivity (Wildman–Crippen MR) is 104 cm³/mol. The lowest BCUT2D eigenvalue weighted by atomic mass is 10.0. The summed E-state index contributed by atoms with van der Waals surface area (Å²) in [7, 11) is 1.89. The van der Waals surface area contributed by atoms with E-state index in [1.807, 2.05) is 36.5 Å². The average molecular weight is 429 g/mol. The molecule has 2 atom stereocenters. The van der Waals surface area contributed by atoms with Gasteiger partial charge in [-0.05, 0) is 37.4 Å². The largest absolute Gasteiger partial charge is 0.588 e. The number of anilines is 1. The fraction of sp³-hybridized carbons (Fsp3) is 0.412. The van der Waals surface area contributed by atoms with E-state index in [-0.39, 0.29) is 6.04 Å². The van der Waals surface area contributed by atoms with Gasteiger partial charge in [-0.3, -0.25) is 0 Å². The Balaban J connectivity index is 1.92. The third kappa shape index (κ3) is 3.66. The molecule has 130 valence electrons. The van der Waals surface area contributed by atoms with E-state index in [0.717, 1.165) is 46.8 Å². The van der Waals surface area contributed by atoms with Crippen molar-refractivity contribution < 1.29 is 9.29 Å². The number of nitrogens with one attached hydrogen (secondary N) is 1. The Bertz CT molecular complexity index is 695. The normalized spacial score (nSPS) is 19.8. The van der Waals surface area contributed by atoms with Gasteiger partial charge >= 0.3 is 0 Å². The van der Waals surface area contributed by atoms with Crippen molar-refractivity contribution in [1.82, 2.24) is 5.32 Å². The minimum atomic E-state index is -1.21. The molecule has 0 spiro atoms. The van der Waals surface area contributed by atoms with E-state index >= 15 is 0 Å². The monoisotopic (exact) mass is 428 g/mol. The third-order valence-corrected chi connectivity index (χ3v) is 6.90. The topological polar surface area (TPSA) is 47.6 Å². The van der Waals surface area contributed by atoms with E-state index in [0.29, 0.717) is 0 Å². The van der Waals surface area contributed by atoms with Gasteiger partial charge in [0.2, 0.25) is 0 Å². The van der Waals surface area contributed by atoms with Crippen LogP contribution in [0.3, 0.4) is 0 Å². The molecule has 2 heterocycles. The number of thiophene rings is 1. The second-order valence-corrected chi connectivity index (χ2v) is 8.89. The summed E-state index contributed by atoms with van der Waals surface area (Å²) in [5.41, 5.74) is 2.12. The van der Waals surface area contributed by atoms with Crippen LogP contribution in [0.2, 0.25) is 0 Å². The van der Waals surface area contributed by atoms with E-state index in [1.165, 1.54) is 4.88 Å². The molecule has 1 aliphatic rings. The van der Waals surface area contributed by atoms with Gasteiger partial charge in [-0.15, -0.1) is 11.3 Å². The first-order valence-electron chi connectivity index (χ1n) is 7.97. The summed E-state index contributed by atoms with van der Waals surface area (Å²) in [6, 6.07) is 8.16. The highest BCUT2D eigenvalue weighted by Crippen LogP contribution is 2.43. The molecular formula is C17H21BrN2O2S2. The minimum Gasteiger partial charge on any atom is -0.588 e. The number of rotatable bonds is 6. The van der Waals surface area contributed by atoms with Crippen LogP contribution in [0.1, 0.15) is 29.8 Å². The van der Waals surface area contributed by atoms with Crippen molar-refractivity contribution >= 4 is 44.3 Å². The molecule has 0 radical (unpaired) electrons. The van der Waals surface area contributed by atoms with Crippen molar-refractivity contribution in [3.05, 3.63) is 44.6 Å². The molecular weight excluding hydrogens is 408 g/mol. The van der Waals surface area contributed by atoms with E-state index in [4.69, 9.17) is 4.74 Å². The van der Waals surface area contributed by atoms with Crippen LogP contribution in [0, 0.1) is 0 Å². The molecule has 0 bridgehead atoms. The molecule has 2 aromatic rings. The maximum Gasteiger partial charge on any atom is 0.186 e. The molecule has 0 saturated carbocycles. The van der Waals surface area contributed by atoms with Crippen molar-refractivity contribution in [2.45, 2.75) is 24.3 Å². The van der Waals surface area contributed by atoms with Crippen LogP contribution >= 0.6 is 27.3 Å². The summed E-state index contributed by atoms with van der Waals surface area (Å²) >= 11 is 4.00. The lowest BCUT2D eigenvalue weighted by Gasteiger charge is -2.20. The maximum absolute atomic E-state index is 13.0. The molecule has 2 unspecified atom stereocenters. The van der Waals surface area contributed by atoms with Gasteiger partial charge in [0.15, 0.2) is 4.90 Å². The Labute approximate surface area is 158 Å². The zero-order valence-corrected chi connectivity index (χ0v) is 17.0. The summed E-state index contributed by atoms with van der Waals surface area (Å²) in [6.07, 6.45) is 0.954. The van der Waals surface area contributed by atoms with Gasteiger partial charge in [-0.2, -0.15) is 4.31 Å². The Hall–Kier alpha value is -0.570. The maximum atomic E-state index is 13.0. The fourth-order valence-electron chi connectivity index (χ4n) is 2.83. The second kappa shape index (κ2) is 8.21. The van der Waals surface area contributed by atoms with Gasteiger partial charge in [0.05, 0.1) is 18.0 Å². The SMILES string of the molecule is CCOCCCNC1c2ccc(Br)cc2[S+]([O-])N(C)c2ccsc21. The molecule has 0 saturated heterocycles. The molecule has 1 aromatic carbocycles. The first-order valence-corrected chi connectivity index (χ1v) is 10.7. The fourth-order valence-corrected chi connectivity index (χ4v) is 5.67. The quantitative estimate of drug-likeness (QED) is 0.555. The van der Waals surface area contributed by atoms with Crippen LogP contribution in [0.15, 0.2) is 39.0 Å². The smallest absolute Gasteiger partial charge is 0.186 e. The summed E-state index contributed by atoms with van der Waals surface area (Å²) in [5.74, 6) is 0. The zero-order valence-electron chi connectivity index (χ0n) is 13.8. The van der Waals surface area contributed by atoms with Crippen molar-refractivity contribution in [3.8, 4) is 0 Å². The van der Waals surface area contributed by atoms with E-state index in [9.17, 15) is 4.55 Å². The highest BCUT2D eigenvalue weighted by atomic mass is 79.9. The van der Waals surface area contributed by atoms with Gasteiger partial charge in [0.25, 0.3) is 0 Å². The van der Waals surface area contributed by atoms with Crippen LogP contribution in [0.25, 0.3) is 0 Å². The molecule has 1 N–H and O–H groups in total. The first kappa shape index (κ1) is 18.2. The second-order valence-electron chi connectivity index (χ2n) is 5.54. The van der Waals surface area contributed by atoms with Crippen molar-refractivity contribution in [2.24, 2.45) is 0 Å². The van der Waals surface area contributed by atoms with Crippen molar-refractivity contribution in [2.75, 3.05) is 31.1 Å². The first-order chi connectivity index (χ1) is 11.6. The number of hydrogen-bond donors (Lipinski definition) is 1. The van der Waals surface area contributed by atoms with E-state index in [1.54, 1.807) is 11.3 Å². The lowest BCUT2D eigenvalue weighted by molar-refractivity contribution is 0.144. The Morgan fingerprint density at radius 3 is 3.04 bits per heavy atom. The van der Waals surface area contributed by atoms with Gasteiger partial charge in [0.1, 0.15) is 17.0 Å². The van der Waals surface area contributed by atoms with Crippen LogP contribution < -0.4 is 9.62 Å². The number of benzene rings is 1. The number of ether oxygens (including phenoxy) is 1. The molecule has 0 aliphatic carbocycles. The molecule has 24 heavy (non-hydrogen) atoms. The van der Waals surface area contributed by atoms with Gasteiger partial charge < -0.3 is 14.6 Å². The number of nitrogens with zero attached hydrogens (tertiary/aromatic N) is 1. The third-order valence-electron chi connectivity index (χ3n) is 4.02. The molecule has 0 amide bonds. The average Bonchev–Trinajstić information content (AvgIpc) is 3.04. The molecule has 3 rings (SSSR count). The van der Waals surface area contributed by atoms with Crippen LogP contribution in [-0.4, -0.2) is 31.4 Å². The standard InChI is InChI=1S/C17H21BrN2O2S2/c1-3-22-9-4-8-19-16-13-6-5-12(18)11-15(13)24(21)20(2)14-7-10-23-17(14)16/h5-7,10-11,16,19H,3-4,8-9H2,1-2H3. The molecule has 7 heteroatoms. The highest BCUT2D eigenvalue weighted by Gasteiger charge is 2.35. The molecule has 1 aromatic heterocycles.